The Morgan fingerprint density at radius 1 is 1.09 bits per heavy atom. The van der Waals surface area contributed by atoms with E-state index in [0.717, 1.165) is 5.56 Å². The Bertz CT molecular complexity index is 824. The van der Waals surface area contributed by atoms with Gasteiger partial charge in [0.15, 0.2) is 0 Å². The maximum absolute atomic E-state index is 14.0. The summed E-state index contributed by atoms with van der Waals surface area (Å²) in [5.41, 5.74) is 1.39. The van der Waals surface area contributed by atoms with Crippen LogP contribution in [0.4, 0.5) is 4.39 Å². The quantitative estimate of drug-likeness (QED) is 0.509. The van der Waals surface area contributed by atoms with E-state index in [9.17, 15) is 19.1 Å². The number of benzene rings is 2. The highest BCUT2D eigenvalue weighted by molar-refractivity contribution is 6.46. The van der Waals surface area contributed by atoms with E-state index in [-0.39, 0.29) is 16.9 Å². The van der Waals surface area contributed by atoms with Crippen molar-refractivity contribution in [3.8, 4) is 0 Å². The Balaban J connectivity index is 2.15. The summed E-state index contributed by atoms with van der Waals surface area (Å²) in [5, 5.41) is 12.9. The molecule has 0 aromatic heterocycles. The first-order valence-corrected chi connectivity index (χ1v) is 7.09. The number of hydrogen-bond acceptors (Lipinski definition) is 3. The minimum absolute atomic E-state index is 0.135. The van der Waals surface area contributed by atoms with Crippen molar-refractivity contribution < 1.29 is 19.1 Å². The number of carbonyl (C=O) groups excluding carboxylic acids is 2. The van der Waals surface area contributed by atoms with Gasteiger partial charge in [-0.05, 0) is 13.0 Å². The fourth-order valence-electron chi connectivity index (χ4n) is 2.58. The highest BCUT2D eigenvalue weighted by atomic mass is 19.1. The topological polar surface area (TPSA) is 66.4 Å². The Labute approximate surface area is 132 Å². The predicted molar refractivity (Wildman–Crippen MR) is 83.0 cm³/mol. The second kappa shape index (κ2) is 5.68. The zero-order chi connectivity index (χ0) is 16.6. The minimum atomic E-state index is -1.00. The van der Waals surface area contributed by atoms with Crippen molar-refractivity contribution in [3.63, 3.8) is 0 Å². The van der Waals surface area contributed by atoms with E-state index in [1.807, 2.05) is 6.92 Å². The first-order valence-electron chi connectivity index (χ1n) is 7.09. The summed E-state index contributed by atoms with van der Waals surface area (Å²) in [6.45, 7) is 1.89. The Hall–Kier alpha value is -2.95. The van der Waals surface area contributed by atoms with Crippen molar-refractivity contribution in [2.24, 2.45) is 0 Å². The average Bonchev–Trinajstić information content (AvgIpc) is 2.83. The molecule has 1 amide bonds. The Morgan fingerprint density at radius 2 is 1.74 bits per heavy atom. The third kappa shape index (κ3) is 2.61. The van der Waals surface area contributed by atoms with Gasteiger partial charge in [-0.2, -0.15) is 0 Å². The molecule has 0 radical (unpaired) electrons. The molecule has 2 aromatic rings. The molecule has 1 unspecified atom stereocenters. The lowest BCUT2D eigenvalue weighted by molar-refractivity contribution is -0.133. The van der Waals surface area contributed by atoms with Crippen LogP contribution in [0.3, 0.4) is 0 Å². The molecule has 116 valence electrons. The van der Waals surface area contributed by atoms with Crippen molar-refractivity contribution in [2.45, 2.75) is 13.0 Å². The van der Waals surface area contributed by atoms with Gasteiger partial charge in [0.25, 0.3) is 11.7 Å². The number of amides is 1. The summed E-state index contributed by atoms with van der Waals surface area (Å²) < 4.78 is 14.0. The summed E-state index contributed by atoms with van der Waals surface area (Å²) in [6.07, 6.45) is 0. The van der Waals surface area contributed by atoms with Crippen molar-refractivity contribution >= 4 is 17.4 Å². The van der Waals surface area contributed by atoms with Gasteiger partial charge >= 0.3 is 0 Å². The van der Waals surface area contributed by atoms with Crippen LogP contribution in [-0.2, 0) is 9.59 Å². The number of hydrogen-bond donors (Lipinski definition) is 2. The Morgan fingerprint density at radius 3 is 2.39 bits per heavy atom. The minimum Gasteiger partial charge on any atom is -0.507 e. The van der Waals surface area contributed by atoms with Crippen LogP contribution in [0.1, 0.15) is 22.7 Å². The highest BCUT2D eigenvalue weighted by Crippen LogP contribution is 2.33. The molecule has 1 aliphatic heterocycles. The van der Waals surface area contributed by atoms with E-state index in [1.165, 1.54) is 18.2 Å². The second-order valence-corrected chi connectivity index (χ2v) is 5.39. The SMILES string of the molecule is Cc1ccc(/C(O)=C2\C(=O)C(=O)NC2c2ccccc2F)cc1. The third-order valence-electron chi connectivity index (χ3n) is 3.81. The molecule has 2 aromatic carbocycles. The fraction of sp³-hybridized carbons (Fsp3) is 0.111. The van der Waals surface area contributed by atoms with Crippen LogP contribution in [0, 0.1) is 12.7 Å². The highest BCUT2D eigenvalue weighted by Gasteiger charge is 2.40. The van der Waals surface area contributed by atoms with Crippen LogP contribution < -0.4 is 5.32 Å². The molecular formula is C18H14FNO3. The maximum Gasteiger partial charge on any atom is 0.293 e. The molecule has 1 atom stereocenters. The maximum atomic E-state index is 14.0. The number of aryl methyl sites for hydroxylation is 1. The molecule has 0 spiro atoms. The van der Waals surface area contributed by atoms with Gasteiger partial charge in [-0.15, -0.1) is 0 Å². The van der Waals surface area contributed by atoms with Gasteiger partial charge in [0.1, 0.15) is 11.6 Å². The van der Waals surface area contributed by atoms with Crippen molar-refractivity contribution in [2.75, 3.05) is 0 Å². The molecule has 3 rings (SSSR count). The molecule has 0 bridgehead atoms. The van der Waals surface area contributed by atoms with Gasteiger partial charge in [-0.1, -0.05) is 48.0 Å². The summed E-state index contributed by atoms with van der Waals surface area (Å²) in [6, 6.07) is 11.7. The van der Waals surface area contributed by atoms with Crippen LogP contribution in [0.25, 0.3) is 5.76 Å². The zero-order valence-electron chi connectivity index (χ0n) is 12.3. The summed E-state index contributed by atoms with van der Waals surface area (Å²) >= 11 is 0. The smallest absolute Gasteiger partial charge is 0.293 e. The van der Waals surface area contributed by atoms with Crippen molar-refractivity contribution in [1.29, 1.82) is 0 Å². The number of nitrogens with one attached hydrogen (secondary N) is 1. The van der Waals surface area contributed by atoms with Crippen LogP contribution in [0.2, 0.25) is 0 Å². The number of aliphatic hydroxyl groups excluding tert-OH is 1. The molecule has 4 nitrogen and oxygen atoms in total. The normalized spacial score (nSPS) is 19.7. The number of aliphatic hydroxyl groups is 1. The summed E-state index contributed by atoms with van der Waals surface area (Å²) in [7, 11) is 0. The molecule has 1 saturated heterocycles. The lowest BCUT2D eigenvalue weighted by Gasteiger charge is -2.14. The number of halogens is 1. The average molecular weight is 311 g/mol. The molecule has 5 heteroatoms. The standard InChI is InChI=1S/C18H14FNO3/c1-10-6-8-11(9-7-10)16(21)14-15(20-18(23)17(14)22)12-4-2-3-5-13(12)19/h2-9,15,21H,1H3,(H,20,23)/b16-14+. The van der Waals surface area contributed by atoms with Crippen LogP contribution >= 0.6 is 0 Å². The van der Waals surface area contributed by atoms with Gasteiger partial charge in [-0.25, -0.2) is 4.39 Å². The first kappa shape index (κ1) is 15.0. The summed E-state index contributed by atoms with van der Waals surface area (Å²) in [5.74, 6) is -2.58. The van der Waals surface area contributed by atoms with Crippen LogP contribution in [-0.4, -0.2) is 16.8 Å². The van der Waals surface area contributed by atoms with Gasteiger partial charge in [-0.3, -0.25) is 9.59 Å². The molecule has 23 heavy (non-hydrogen) atoms. The lowest BCUT2D eigenvalue weighted by Crippen LogP contribution is -2.21. The molecule has 1 fully saturated rings. The molecule has 1 heterocycles. The molecule has 0 aliphatic carbocycles. The molecule has 2 N–H and O–H groups in total. The second-order valence-electron chi connectivity index (χ2n) is 5.39. The zero-order valence-corrected chi connectivity index (χ0v) is 12.3. The Kier molecular flexibility index (Phi) is 3.70. The monoisotopic (exact) mass is 311 g/mol. The largest absolute Gasteiger partial charge is 0.507 e. The number of ketones is 1. The summed E-state index contributed by atoms with van der Waals surface area (Å²) in [4.78, 5) is 23.9. The number of carbonyl (C=O) groups is 2. The van der Waals surface area contributed by atoms with Crippen LogP contribution in [0.15, 0.2) is 54.1 Å². The van der Waals surface area contributed by atoms with E-state index >= 15 is 0 Å². The van der Waals surface area contributed by atoms with E-state index in [4.69, 9.17) is 0 Å². The van der Waals surface area contributed by atoms with E-state index in [1.54, 1.807) is 30.3 Å². The predicted octanol–water partition coefficient (Wildman–Crippen LogP) is 2.84. The van der Waals surface area contributed by atoms with E-state index in [0.29, 0.717) is 5.56 Å². The molecule has 0 saturated carbocycles. The number of Topliss-reactive ketones (excluding diaryl/α,β-unsaturated/α-hetero) is 1. The molecule has 1 aliphatic rings. The van der Waals surface area contributed by atoms with Gasteiger partial charge in [0, 0.05) is 11.1 Å². The first-order chi connectivity index (χ1) is 11.0. The van der Waals surface area contributed by atoms with Crippen molar-refractivity contribution in [1.82, 2.24) is 5.32 Å². The van der Waals surface area contributed by atoms with E-state index in [2.05, 4.69) is 5.32 Å². The third-order valence-corrected chi connectivity index (χ3v) is 3.81. The van der Waals surface area contributed by atoms with Crippen molar-refractivity contribution in [3.05, 3.63) is 76.6 Å². The fourth-order valence-corrected chi connectivity index (χ4v) is 2.58. The van der Waals surface area contributed by atoms with Gasteiger partial charge in [0.05, 0.1) is 11.6 Å². The lowest BCUT2D eigenvalue weighted by atomic mass is 9.95. The van der Waals surface area contributed by atoms with Crippen LogP contribution in [0.5, 0.6) is 0 Å². The number of rotatable bonds is 2. The van der Waals surface area contributed by atoms with Gasteiger partial charge < -0.3 is 10.4 Å². The van der Waals surface area contributed by atoms with Gasteiger partial charge in [0.2, 0.25) is 0 Å². The van der Waals surface area contributed by atoms with E-state index < -0.39 is 23.5 Å². The molecular weight excluding hydrogens is 297 g/mol.